The highest BCUT2D eigenvalue weighted by atomic mass is 35.5. The summed E-state index contributed by atoms with van der Waals surface area (Å²) in [5.41, 5.74) is 11.9. The Kier molecular flexibility index (Phi) is 27.9. The molecule has 0 aliphatic carbocycles. The molecule has 5 aromatic rings. The van der Waals surface area contributed by atoms with Crippen molar-refractivity contribution in [3.63, 3.8) is 0 Å². The van der Waals surface area contributed by atoms with Crippen LogP contribution in [0, 0.1) is 0 Å². The molecule has 27 heteroatoms. The maximum Gasteiger partial charge on any atom is 0.328 e. The number of esters is 2. The minimum Gasteiger partial charge on any atom is -0.480 e. The van der Waals surface area contributed by atoms with Crippen LogP contribution in [0.2, 0.25) is 20.1 Å². The molecular weight excluding hydrogens is 1290 g/mol. The Morgan fingerprint density at radius 1 is 0.483 bits per heavy atom. The number of carbonyl (C=O) groups is 5. The van der Waals surface area contributed by atoms with E-state index in [1.807, 2.05) is 72.8 Å². The predicted molar refractivity (Wildman–Crippen MR) is 347 cm³/mol. The largest absolute Gasteiger partial charge is 0.480 e. The molecule has 3 heterocycles. The van der Waals surface area contributed by atoms with Gasteiger partial charge in [-0.15, -0.1) is 0 Å². The van der Waals surface area contributed by atoms with Crippen molar-refractivity contribution in [2.24, 2.45) is 5.73 Å². The van der Waals surface area contributed by atoms with Gasteiger partial charge in [0.25, 0.3) is 11.8 Å². The molecular formula is C62H78Cl4N6O14S3. The van der Waals surface area contributed by atoms with Crippen LogP contribution >= 0.6 is 46.4 Å². The van der Waals surface area contributed by atoms with Crippen LogP contribution in [-0.2, 0) is 73.2 Å². The highest BCUT2D eigenvalue weighted by molar-refractivity contribution is 7.88. The van der Waals surface area contributed by atoms with Crippen LogP contribution in [0.5, 0.6) is 0 Å². The molecule has 0 spiro atoms. The van der Waals surface area contributed by atoms with Crippen LogP contribution in [0.4, 0.5) is 0 Å². The lowest BCUT2D eigenvalue weighted by Crippen LogP contribution is -2.43. The van der Waals surface area contributed by atoms with Crippen LogP contribution in [0.15, 0.2) is 109 Å². The Bertz CT molecular complexity index is 3540. The van der Waals surface area contributed by atoms with Crippen LogP contribution in [0.25, 0.3) is 0 Å². The van der Waals surface area contributed by atoms with Crippen LogP contribution < -0.4 is 16.4 Å². The third-order valence-corrected chi connectivity index (χ3v) is 20.9. The number of aliphatic carboxylic acids is 1. The lowest BCUT2D eigenvalue weighted by Gasteiger charge is -2.30. The van der Waals surface area contributed by atoms with Crippen molar-refractivity contribution >= 4 is 106 Å². The zero-order valence-electron chi connectivity index (χ0n) is 49.4. The third-order valence-electron chi connectivity index (χ3n) is 15.7. The highest BCUT2D eigenvalue weighted by Gasteiger charge is 2.31. The number of benzene rings is 5. The fourth-order valence-corrected chi connectivity index (χ4v) is 14.5. The number of halogens is 4. The number of piperidine rings is 3. The molecule has 20 nitrogen and oxygen atoms in total. The number of nitrogens with zero attached hydrogens (tertiary/aromatic N) is 3. The monoisotopic (exact) mass is 1370 g/mol. The van der Waals surface area contributed by atoms with Gasteiger partial charge in [-0.1, -0.05) is 139 Å². The van der Waals surface area contributed by atoms with E-state index < -0.39 is 77.9 Å². The fraction of sp³-hybridized carbons (Fsp3) is 0.435. The third kappa shape index (κ3) is 21.7. The quantitative estimate of drug-likeness (QED) is 0.0562. The van der Waals surface area contributed by atoms with Crippen molar-refractivity contribution in [3.8, 4) is 0 Å². The molecule has 3 atom stereocenters. The van der Waals surface area contributed by atoms with Crippen LogP contribution in [0.1, 0.15) is 118 Å². The summed E-state index contributed by atoms with van der Waals surface area (Å²) in [5, 5.41) is 15.4. The normalized spacial score (nSPS) is 16.7. The smallest absolute Gasteiger partial charge is 0.328 e. The maximum absolute atomic E-state index is 12.7. The Hall–Kier alpha value is -5.70. The van der Waals surface area contributed by atoms with E-state index in [9.17, 15) is 54.3 Å². The van der Waals surface area contributed by atoms with Gasteiger partial charge in [0.1, 0.15) is 18.1 Å². The predicted octanol–water partition coefficient (Wildman–Crippen LogP) is 8.71. The SMILES string of the molecule is C.COC(=O)[C@@H](N)Cc1ccc(C2CCN(S(C)(=O)=O)CC2)cc1.COC(=O)[C@H](Cc1ccc(C2CCN(S(C)(=O)=O)CC2)cc1)NC(=O)c1c(Cl)cccc1Cl.CS(=O)(=O)N1CCC(c2ccc(C[C@H](NC(=O)c3c(Cl)cccc3Cl)C(=O)O)cc2)CC1. The summed E-state index contributed by atoms with van der Waals surface area (Å²) in [6, 6.07) is 30.0. The summed E-state index contributed by atoms with van der Waals surface area (Å²) in [5.74, 6) is -2.48. The van der Waals surface area contributed by atoms with Crippen molar-refractivity contribution in [2.45, 2.75) is 101 Å². The molecule has 3 aliphatic heterocycles. The van der Waals surface area contributed by atoms with E-state index in [0.717, 1.165) is 66.3 Å². The zero-order valence-corrected chi connectivity index (χ0v) is 54.8. The number of hydrogen-bond acceptors (Lipinski definition) is 14. The zero-order chi connectivity index (χ0) is 64.7. The first kappa shape index (κ1) is 74.0. The summed E-state index contributed by atoms with van der Waals surface area (Å²) in [6.45, 7) is 3.13. The molecule has 5 N–H and O–H groups in total. The van der Waals surface area contributed by atoms with Gasteiger partial charge in [-0.25, -0.2) is 47.8 Å². The number of amides is 2. The molecule has 3 saturated heterocycles. The molecule has 89 heavy (non-hydrogen) atoms. The number of sulfonamides is 3. The van der Waals surface area contributed by atoms with Crippen molar-refractivity contribution in [3.05, 3.63) is 174 Å². The Morgan fingerprint density at radius 3 is 1.02 bits per heavy atom. The van der Waals surface area contributed by atoms with E-state index in [-0.39, 0.29) is 63.3 Å². The highest BCUT2D eigenvalue weighted by Crippen LogP contribution is 2.33. The summed E-state index contributed by atoms with van der Waals surface area (Å²) >= 11 is 24.3. The van der Waals surface area contributed by atoms with Crippen LogP contribution in [-0.4, -0.2) is 163 Å². The molecule has 0 radical (unpaired) electrons. The van der Waals surface area contributed by atoms with Gasteiger partial charge in [0, 0.05) is 52.1 Å². The average Bonchev–Trinajstić information content (AvgIpc) is 2.05. The second-order valence-corrected chi connectivity index (χ2v) is 29.5. The van der Waals surface area contributed by atoms with E-state index in [2.05, 4.69) is 15.4 Å². The van der Waals surface area contributed by atoms with Gasteiger partial charge in [0.2, 0.25) is 30.1 Å². The van der Waals surface area contributed by atoms with Gasteiger partial charge >= 0.3 is 17.9 Å². The second-order valence-electron chi connectivity index (χ2n) is 21.9. The number of nitrogens with one attached hydrogen (secondary N) is 2. The van der Waals surface area contributed by atoms with Crippen molar-refractivity contribution < 1.29 is 63.8 Å². The molecule has 0 aromatic heterocycles. The van der Waals surface area contributed by atoms with E-state index in [1.165, 1.54) is 63.6 Å². The van der Waals surface area contributed by atoms with Crippen molar-refractivity contribution in [1.82, 2.24) is 23.5 Å². The van der Waals surface area contributed by atoms with Gasteiger partial charge in [0.15, 0.2) is 0 Å². The number of carboxylic acids is 1. The number of carbonyl (C=O) groups excluding carboxylic acids is 4. The number of rotatable bonds is 19. The number of nitrogens with two attached hydrogens (primary N) is 1. The molecule has 486 valence electrons. The molecule has 2 amide bonds. The minimum atomic E-state index is -3.17. The fourth-order valence-electron chi connectivity index (χ4n) is 10.7. The first-order chi connectivity index (χ1) is 41.5. The first-order valence-electron chi connectivity index (χ1n) is 28.2. The average molecular weight is 1370 g/mol. The Balaban J connectivity index is 0.000000246. The van der Waals surface area contributed by atoms with Gasteiger partial charge in [-0.3, -0.25) is 14.4 Å². The maximum atomic E-state index is 12.7. The summed E-state index contributed by atoms with van der Waals surface area (Å²) in [6.07, 6.45) is 9.12. The first-order valence-corrected chi connectivity index (χ1v) is 35.3. The topological polar surface area (TPSA) is 286 Å². The van der Waals surface area contributed by atoms with E-state index in [1.54, 1.807) is 24.3 Å². The van der Waals surface area contributed by atoms with Gasteiger partial charge in [0.05, 0.1) is 64.2 Å². The molecule has 5 aromatic carbocycles. The summed E-state index contributed by atoms with van der Waals surface area (Å²) < 4.78 is 83.8. The Labute approximate surface area is 542 Å². The van der Waals surface area contributed by atoms with Gasteiger partial charge in [-0.05, 0) is 120 Å². The molecule has 0 saturated carbocycles. The van der Waals surface area contributed by atoms with Crippen molar-refractivity contribution in [2.75, 3.05) is 72.3 Å². The molecule has 8 rings (SSSR count). The minimum absolute atomic E-state index is 0. The number of methoxy groups -OCH3 is 2. The molecule has 0 bridgehead atoms. The summed E-state index contributed by atoms with van der Waals surface area (Å²) in [7, 11) is -6.83. The number of hydrogen-bond donors (Lipinski definition) is 4. The number of carboxylic acid groups (broad SMARTS) is 1. The van der Waals surface area contributed by atoms with E-state index >= 15 is 0 Å². The molecule has 3 aliphatic rings. The summed E-state index contributed by atoms with van der Waals surface area (Å²) in [4.78, 5) is 60.7. The number of ether oxygens (including phenoxy) is 2. The lowest BCUT2D eigenvalue weighted by molar-refractivity contribution is -0.143. The van der Waals surface area contributed by atoms with E-state index in [4.69, 9.17) is 56.9 Å². The Morgan fingerprint density at radius 2 is 0.753 bits per heavy atom. The van der Waals surface area contributed by atoms with Crippen molar-refractivity contribution in [1.29, 1.82) is 0 Å². The van der Waals surface area contributed by atoms with Gasteiger partial charge in [-0.2, -0.15) is 0 Å². The van der Waals surface area contributed by atoms with Crippen LogP contribution in [0.3, 0.4) is 0 Å². The lowest BCUT2D eigenvalue weighted by atomic mass is 9.89. The second kappa shape index (κ2) is 33.6. The van der Waals surface area contributed by atoms with Gasteiger partial charge < -0.3 is 30.9 Å². The molecule has 3 fully saturated rings. The molecule has 0 unspecified atom stereocenters. The van der Waals surface area contributed by atoms with E-state index in [0.29, 0.717) is 51.6 Å². The standard InChI is InChI=1S/C23H26Cl2N2O5S.C22H24Cl2N2O5S.C16H24N2O4S.CH4/c1-32-23(29)20(26-22(28)21-18(24)4-3-5-19(21)25)14-15-6-8-16(9-7-15)17-10-12-27(13-11-17)33(2,30)31;1-32(30,31)26-11-9-16(10-12-26)15-7-5-14(6-8-15)13-19(22(28)29)25-21(27)20-17(23)3-2-4-18(20)24;1-22-16(19)15(17)11-12-3-5-13(6-4-12)14-7-9-18(10-8-14)23(2,20)21;/h3-9,17,20H,10-14H2,1-2H3,(H,26,28);2-8,16,19H,9-13H2,1H3,(H,25,27)(H,28,29);3-6,14-15H,7-11,17H2,1-2H3;1H4/t20-;19-;15-;/m000./s1.